The largest absolute Gasteiger partial charge is 0.481 e. The number of hydrogen-bond donors (Lipinski definition) is 9. The van der Waals surface area contributed by atoms with Gasteiger partial charge >= 0.3 is 0 Å². The molecule has 0 fully saturated rings. The van der Waals surface area contributed by atoms with Gasteiger partial charge in [0.15, 0.2) is 0 Å². The van der Waals surface area contributed by atoms with E-state index in [4.69, 9.17) is 49.5 Å². The summed E-state index contributed by atoms with van der Waals surface area (Å²) in [6.45, 7) is 5.42. The number of rotatable bonds is 0. The van der Waals surface area contributed by atoms with Crippen LogP contribution >= 0.6 is 0 Å². The van der Waals surface area contributed by atoms with Crippen molar-refractivity contribution in [2.24, 2.45) is 0 Å². The number of aliphatic carboxylic acids is 5. The van der Waals surface area contributed by atoms with Gasteiger partial charge in [-0.15, -0.1) is 0 Å². The van der Waals surface area contributed by atoms with Gasteiger partial charge in [-0.25, -0.2) is 0 Å². The van der Waals surface area contributed by atoms with E-state index in [-0.39, 0.29) is 24.6 Å². The van der Waals surface area contributed by atoms with Crippen LogP contribution in [0, 0.1) is 0 Å². The molecule has 17 N–H and O–H groups in total. The fourth-order valence-corrected chi connectivity index (χ4v) is 0. The van der Waals surface area contributed by atoms with Gasteiger partial charge in [0.05, 0.1) is 0 Å². The third-order valence-electron chi connectivity index (χ3n) is 0. The van der Waals surface area contributed by atoms with Crippen molar-refractivity contribution < 1.29 is 49.5 Å². The van der Waals surface area contributed by atoms with E-state index in [0.29, 0.717) is 0 Å². The molecular weight excluding hydrogens is 336 g/mol. The van der Waals surface area contributed by atoms with Crippen molar-refractivity contribution in [2.45, 2.75) is 34.6 Å². The Morgan fingerprint density at radius 1 is 0.375 bits per heavy atom. The van der Waals surface area contributed by atoms with E-state index in [1.807, 2.05) is 0 Å². The second kappa shape index (κ2) is 50.0. The Morgan fingerprint density at radius 3 is 0.375 bits per heavy atom. The van der Waals surface area contributed by atoms with Crippen molar-refractivity contribution in [2.75, 3.05) is 0 Å². The lowest BCUT2D eigenvalue weighted by Gasteiger charge is -1.59. The summed E-state index contributed by atoms with van der Waals surface area (Å²) in [5, 5.41) is 37.1. The Kier molecular flexibility index (Phi) is 121. The molecule has 0 aromatic rings. The molecule has 0 aliphatic heterocycles. The Balaban J connectivity index is -0.0000000161. The van der Waals surface area contributed by atoms with Crippen molar-refractivity contribution >= 4 is 29.8 Å². The predicted molar refractivity (Wildman–Crippen MR) is 86.6 cm³/mol. The maximum atomic E-state index is 9.00. The molecular formula is C10H32N4O10. The highest BCUT2D eigenvalue weighted by Crippen LogP contribution is 1.43. The van der Waals surface area contributed by atoms with E-state index in [0.717, 1.165) is 34.6 Å². The highest BCUT2D eigenvalue weighted by atomic mass is 16.4. The minimum absolute atomic E-state index is 0. The van der Waals surface area contributed by atoms with Crippen LogP contribution in [-0.4, -0.2) is 55.4 Å². The Morgan fingerprint density at radius 2 is 0.375 bits per heavy atom. The molecule has 0 atom stereocenters. The Hall–Kier alpha value is -2.81. The van der Waals surface area contributed by atoms with Gasteiger partial charge in [0.25, 0.3) is 29.8 Å². The molecule has 0 radical (unpaired) electrons. The molecule has 0 aliphatic carbocycles. The third-order valence-corrected chi connectivity index (χ3v) is 0. The molecule has 14 nitrogen and oxygen atoms in total. The van der Waals surface area contributed by atoms with Gasteiger partial charge in [-0.3, -0.25) is 24.0 Å². The van der Waals surface area contributed by atoms with Crippen molar-refractivity contribution in [3.05, 3.63) is 0 Å². The van der Waals surface area contributed by atoms with Gasteiger partial charge in [-0.05, 0) is 0 Å². The molecule has 0 spiro atoms. The molecule has 24 heavy (non-hydrogen) atoms. The normalized spacial score (nSPS) is 5.21. The van der Waals surface area contributed by atoms with Crippen LogP contribution in [0.3, 0.4) is 0 Å². The molecule has 0 amide bonds. The van der Waals surface area contributed by atoms with Gasteiger partial charge in [0.2, 0.25) is 0 Å². The molecule has 0 rings (SSSR count). The fraction of sp³-hybridized carbons (Fsp3) is 0.500. The van der Waals surface area contributed by atoms with E-state index in [1.165, 1.54) is 0 Å². The highest BCUT2D eigenvalue weighted by Gasteiger charge is 1.66. The summed E-state index contributed by atoms with van der Waals surface area (Å²) in [6, 6.07) is 0. The standard InChI is InChI=1S/5C2H4O2.4H3N/c5*1-2(3)4;;;;/h5*1H3,(H,3,4);4*1H3. The van der Waals surface area contributed by atoms with Gasteiger partial charge in [0, 0.05) is 34.6 Å². The first-order valence-electron chi connectivity index (χ1n) is 4.64. The quantitative estimate of drug-likeness (QED) is 0.289. The highest BCUT2D eigenvalue weighted by molar-refractivity contribution is 5.63. The Bertz CT molecular complexity index is 220. The van der Waals surface area contributed by atoms with E-state index in [2.05, 4.69) is 0 Å². The van der Waals surface area contributed by atoms with E-state index >= 15 is 0 Å². The van der Waals surface area contributed by atoms with Gasteiger partial charge < -0.3 is 50.1 Å². The fourth-order valence-electron chi connectivity index (χ4n) is 0. The molecule has 0 aromatic carbocycles. The second-order valence-corrected chi connectivity index (χ2v) is 2.60. The molecule has 0 aromatic heterocycles. The van der Waals surface area contributed by atoms with Gasteiger partial charge in [0.1, 0.15) is 0 Å². The smallest absolute Gasteiger partial charge is 0.300 e. The molecule has 0 bridgehead atoms. The van der Waals surface area contributed by atoms with Crippen LogP contribution in [0.25, 0.3) is 0 Å². The number of hydrogen-bond acceptors (Lipinski definition) is 9. The topological polar surface area (TPSA) is 326 Å². The van der Waals surface area contributed by atoms with Crippen LogP contribution in [0.2, 0.25) is 0 Å². The first kappa shape index (κ1) is 58.1. The summed E-state index contributed by atoms with van der Waals surface area (Å²) in [5.41, 5.74) is 0. The third kappa shape index (κ3) is 804. The van der Waals surface area contributed by atoms with Crippen molar-refractivity contribution in [3.8, 4) is 0 Å². The summed E-state index contributed by atoms with van der Waals surface area (Å²) in [4.78, 5) is 45.0. The van der Waals surface area contributed by atoms with E-state index < -0.39 is 29.8 Å². The van der Waals surface area contributed by atoms with Crippen LogP contribution in [0.1, 0.15) is 34.6 Å². The molecule has 152 valence electrons. The molecule has 0 heterocycles. The average Bonchev–Trinajstić information content (AvgIpc) is 1.94. The minimum atomic E-state index is -0.833. The lowest BCUT2D eigenvalue weighted by atomic mass is 10.9. The van der Waals surface area contributed by atoms with Crippen molar-refractivity contribution in [3.63, 3.8) is 0 Å². The monoisotopic (exact) mass is 368 g/mol. The maximum absolute atomic E-state index is 9.00. The summed E-state index contributed by atoms with van der Waals surface area (Å²) in [5.74, 6) is -4.17. The predicted octanol–water partition coefficient (Wildman–Crippen LogP) is 1.10. The number of carbonyl (C=O) groups is 5. The average molecular weight is 368 g/mol. The van der Waals surface area contributed by atoms with E-state index in [1.54, 1.807) is 0 Å². The minimum Gasteiger partial charge on any atom is -0.481 e. The van der Waals surface area contributed by atoms with Gasteiger partial charge in [-0.2, -0.15) is 0 Å². The first-order valence-corrected chi connectivity index (χ1v) is 4.64. The van der Waals surface area contributed by atoms with Crippen molar-refractivity contribution in [1.82, 2.24) is 24.6 Å². The number of carboxylic acids is 5. The zero-order valence-corrected chi connectivity index (χ0v) is 14.6. The maximum Gasteiger partial charge on any atom is 0.300 e. The van der Waals surface area contributed by atoms with Crippen LogP contribution in [0.4, 0.5) is 0 Å². The first-order chi connectivity index (χ1) is 8.66. The molecule has 0 unspecified atom stereocenters. The lowest BCUT2D eigenvalue weighted by Crippen LogP contribution is -1.78. The number of carboxylic acid groups (broad SMARTS) is 5. The molecule has 0 aliphatic rings. The van der Waals surface area contributed by atoms with Crippen LogP contribution < -0.4 is 24.6 Å². The zero-order chi connectivity index (χ0) is 17.9. The van der Waals surface area contributed by atoms with Crippen LogP contribution in [0.15, 0.2) is 0 Å². The molecule has 14 heteroatoms. The van der Waals surface area contributed by atoms with Gasteiger partial charge in [-0.1, -0.05) is 0 Å². The SMILES string of the molecule is CC(=O)O.CC(=O)O.CC(=O)O.CC(=O)O.CC(=O)O.N.N.N.N. The lowest BCUT2D eigenvalue weighted by molar-refractivity contribution is -0.135. The van der Waals surface area contributed by atoms with Crippen LogP contribution in [0.5, 0.6) is 0 Å². The summed E-state index contributed by atoms with van der Waals surface area (Å²) < 4.78 is 0. The summed E-state index contributed by atoms with van der Waals surface area (Å²) >= 11 is 0. The van der Waals surface area contributed by atoms with Crippen LogP contribution in [-0.2, 0) is 24.0 Å². The zero-order valence-electron chi connectivity index (χ0n) is 14.6. The summed E-state index contributed by atoms with van der Waals surface area (Å²) in [7, 11) is 0. The summed E-state index contributed by atoms with van der Waals surface area (Å²) in [6.07, 6.45) is 0. The molecule has 0 saturated heterocycles. The van der Waals surface area contributed by atoms with E-state index in [9.17, 15) is 0 Å². The Labute approximate surface area is 139 Å². The molecule has 0 saturated carbocycles. The van der Waals surface area contributed by atoms with Crippen molar-refractivity contribution in [1.29, 1.82) is 0 Å². The second-order valence-electron chi connectivity index (χ2n) is 2.60.